The highest BCUT2D eigenvalue weighted by Crippen LogP contribution is 2.40. The molecule has 0 spiro atoms. The molecule has 1 unspecified atom stereocenters. The van der Waals surface area contributed by atoms with Crippen LogP contribution in [0.15, 0.2) is 60.7 Å². The van der Waals surface area contributed by atoms with E-state index in [9.17, 15) is 4.79 Å². The van der Waals surface area contributed by atoms with Crippen LogP contribution in [0.1, 0.15) is 18.4 Å². The van der Waals surface area contributed by atoms with E-state index in [-0.39, 0.29) is 0 Å². The van der Waals surface area contributed by atoms with Gasteiger partial charge in [0.2, 0.25) is 0 Å². The molecule has 124 valence electrons. The van der Waals surface area contributed by atoms with Crippen molar-refractivity contribution < 1.29 is 14.7 Å². The van der Waals surface area contributed by atoms with E-state index in [2.05, 4.69) is 5.32 Å². The molecule has 24 heavy (non-hydrogen) atoms. The highest BCUT2D eigenvalue weighted by atomic mass is 35.5. The summed E-state index contributed by atoms with van der Waals surface area (Å²) in [7, 11) is 0. The standard InChI is InChI=1S/C18H17ClN2O3/c19-13-7-9-14(10-8-13)24-16-6-2-1-5-15(16)18(11-3-4-12-18)20-17(22)21-23/h1-3,5-11,23H,4,12H2,(H2,20,21,22). The maximum atomic E-state index is 11.7. The Bertz CT molecular complexity index is 761. The molecular weight excluding hydrogens is 328 g/mol. The van der Waals surface area contributed by atoms with Crippen LogP contribution in [-0.2, 0) is 5.54 Å². The Labute approximate surface area is 144 Å². The third-order valence-corrected chi connectivity index (χ3v) is 4.21. The molecule has 5 nitrogen and oxygen atoms in total. The van der Waals surface area contributed by atoms with Crippen LogP contribution in [0.3, 0.4) is 0 Å². The fourth-order valence-corrected chi connectivity index (χ4v) is 2.99. The van der Waals surface area contributed by atoms with Gasteiger partial charge < -0.3 is 10.1 Å². The number of carbonyl (C=O) groups excluding carboxylic acids is 1. The monoisotopic (exact) mass is 344 g/mol. The summed E-state index contributed by atoms with van der Waals surface area (Å²) in [5, 5.41) is 12.3. The molecule has 0 aliphatic heterocycles. The Morgan fingerprint density at radius 2 is 1.92 bits per heavy atom. The third-order valence-electron chi connectivity index (χ3n) is 3.95. The predicted octanol–water partition coefficient (Wildman–Crippen LogP) is 4.37. The van der Waals surface area contributed by atoms with Crippen LogP contribution >= 0.6 is 11.6 Å². The molecule has 0 radical (unpaired) electrons. The van der Waals surface area contributed by atoms with Crippen LogP contribution < -0.4 is 15.5 Å². The number of urea groups is 1. The van der Waals surface area contributed by atoms with E-state index in [1.807, 2.05) is 36.4 Å². The molecule has 1 aliphatic carbocycles. The molecular formula is C18H17ClN2O3. The van der Waals surface area contributed by atoms with Gasteiger partial charge in [-0.2, -0.15) is 0 Å². The second-order valence-electron chi connectivity index (χ2n) is 5.53. The minimum Gasteiger partial charge on any atom is -0.457 e. The second-order valence-corrected chi connectivity index (χ2v) is 5.97. The fourth-order valence-electron chi connectivity index (χ4n) is 2.86. The summed E-state index contributed by atoms with van der Waals surface area (Å²) >= 11 is 5.90. The van der Waals surface area contributed by atoms with Crippen LogP contribution in [-0.4, -0.2) is 11.2 Å². The number of nitrogens with one attached hydrogen (secondary N) is 2. The molecule has 1 atom stereocenters. The van der Waals surface area contributed by atoms with Crippen molar-refractivity contribution in [3.05, 3.63) is 71.3 Å². The van der Waals surface area contributed by atoms with Crippen LogP contribution in [0.2, 0.25) is 5.02 Å². The van der Waals surface area contributed by atoms with Gasteiger partial charge in [0.25, 0.3) is 0 Å². The van der Waals surface area contributed by atoms with E-state index in [1.54, 1.807) is 29.7 Å². The average Bonchev–Trinajstić information content (AvgIpc) is 3.07. The zero-order chi connectivity index (χ0) is 17.0. The Morgan fingerprint density at radius 1 is 1.17 bits per heavy atom. The molecule has 2 amide bonds. The molecule has 1 aliphatic rings. The summed E-state index contributed by atoms with van der Waals surface area (Å²) in [5.74, 6) is 1.28. The Morgan fingerprint density at radius 3 is 2.58 bits per heavy atom. The maximum absolute atomic E-state index is 11.7. The molecule has 0 aromatic heterocycles. The van der Waals surface area contributed by atoms with Gasteiger partial charge in [0.05, 0.1) is 5.54 Å². The van der Waals surface area contributed by atoms with Crippen molar-refractivity contribution in [2.45, 2.75) is 18.4 Å². The topological polar surface area (TPSA) is 70.6 Å². The van der Waals surface area contributed by atoms with E-state index in [0.717, 1.165) is 12.0 Å². The van der Waals surface area contributed by atoms with Gasteiger partial charge in [0, 0.05) is 10.6 Å². The fraction of sp³-hybridized carbons (Fsp3) is 0.167. The van der Waals surface area contributed by atoms with Gasteiger partial charge >= 0.3 is 6.03 Å². The van der Waals surface area contributed by atoms with Gasteiger partial charge in [-0.25, -0.2) is 10.3 Å². The zero-order valence-electron chi connectivity index (χ0n) is 12.8. The van der Waals surface area contributed by atoms with Crippen LogP contribution in [0.4, 0.5) is 4.79 Å². The number of hydrogen-bond acceptors (Lipinski definition) is 3. The second kappa shape index (κ2) is 6.95. The number of allylic oxidation sites excluding steroid dienone is 1. The lowest BCUT2D eigenvalue weighted by Crippen LogP contribution is -2.47. The first-order valence-corrected chi connectivity index (χ1v) is 7.94. The number of ether oxygens (including phenoxy) is 1. The number of para-hydroxylation sites is 1. The smallest absolute Gasteiger partial charge is 0.339 e. The molecule has 2 aromatic carbocycles. The average molecular weight is 345 g/mol. The molecule has 0 saturated carbocycles. The largest absolute Gasteiger partial charge is 0.457 e. The van der Waals surface area contributed by atoms with Crippen molar-refractivity contribution in [1.82, 2.24) is 10.8 Å². The molecule has 0 saturated heterocycles. The summed E-state index contributed by atoms with van der Waals surface area (Å²) in [5.41, 5.74) is 1.71. The first kappa shape index (κ1) is 16.4. The van der Waals surface area contributed by atoms with Crippen LogP contribution in [0.5, 0.6) is 11.5 Å². The van der Waals surface area contributed by atoms with Crippen molar-refractivity contribution >= 4 is 17.6 Å². The highest BCUT2D eigenvalue weighted by Gasteiger charge is 2.36. The summed E-state index contributed by atoms with van der Waals surface area (Å²) in [6.07, 6.45) is 5.42. The molecule has 2 aromatic rings. The zero-order valence-corrected chi connectivity index (χ0v) is 13.6. The number of benzene rings is 2. The normalized spacial score (nSPS) is 19.1. The van der Waals surface area contributed by atoms with Crippen molar-refractivity contribution in [3.63, 3.8) is 0 Å². The Kier molecular flexibility index (Phi) is 4.74. The maximum Gasteiger partial charge on any atom is 0.339 e. The number of amides is 2. The Balaban J connectivity index is 1.96. The van der Waals surface area contributed by atoms with Gasteiger partial charge in [-0.1, -0.05) is 42.0 Å². The van der Waals surface area contributed by atoms with Crippen LogP contribution in [0.25, 0.3) is 0 Å². The summed E-state index contributed by atoms with van der Waals surface area (Å²) < 4.78 is 5.99. The van der Waals surface area contributed by atoms with Gasteiger partial charge in [0.15, 0.2) is 0 Å². The van der Waals surface area contributed by atoms with E-state index in [1.165, 1.54) is 0 Å². The first-order valence-electron chi connectivity index (χ1n) is 7.56. The molecule has 3 rings (SSSR count). The third kappa shape index (κ3) is 3.37. The lowest BCUT2D eigenvalue weighted by molar-refractivity contribution is 0.154. The predicted molar refractivity (Wildman–Crippen MR) is 91.5 cm³/mol. The Hall–Kier alpha value is -2.50. The molecule has 0 fully saturated rings. The van der Waals surface area contributed by atoms with Gasteiger partial charge in [-0.15, -0.1) is 0 Å². The van der Waals surface area contributed by atoms with Gasteiger partial charge in [-0.05, 0) is 43.2 Å². The number of rotatable bonds is 4. The van der Waals surface area contributed by atoms with E-state index < -0.39 is 11.6 Å². The number of hydrogen-bond donors (Lipinski definition) is 3. The number of carbonyl (C=O) groups is 1. The quantitative estimate of drug-likeness (QED) is 0.438. The lowest BCUT2D eigenvalue weighted by atomic mass is 9.88. The van der Waals surface area contributed by atoms with Crippen molar-refractivity contribution in [1.29, 1.82) is 0 Å². The summed E-state index contributed by atoms with van der Waals surface area (Å²) in [6, 6.07) is 13.9. The molecule has 0 heterocycles. The van der Waals surface area contributed by atoms with Crippen molar-refractivity contribution in [3.8, 4) is 11.5 Å². The van der Waals surface area contributed by atoms with E-state index >= 15 is 0 Å². The minimum atomic E-state index is -0.726. The summed E-state index contributed by atoms with van der Waals surface area (Å²) in [4.78, 5) is 11.7. The molecule has 6 heteroatoms. The van der Waals surface area contributed by atoms with E-state index in [0.29, 0.717) is 22.9 Å². The molecule has 0 bridgehead atoms. The minimum absolute atomic E-state index is 0.629. The number of halogens is 1. The van der Waals surface area contributed by atoms with Crippen molar-refractivity contribution in [2.75, 3.05) is 0 Å². The lowest BCUT2D eigenvalue weighted by Gasteiger charge is -2.30. The summed E-state index contributed by atoms with van der Waals surface area (Å²) in [6.45, 7) is 0. The molecule has 3 N–H and O–H groups in total. The van der Waals surface area contributed by atoms with Gasteiger partial charge in [0.1, 0.15) is 11.5 Å². The highest BCUT2D eigenvalue weighted by molar-refractivity contribution is 6.30. The van der Waals surface area contributed by atoms with Crippen molar-refractivity contribution in [2.24, 2.45) is 0 Å². The van der Waals surface area contributed by atoms with Crippen LogP contribution in [0, 0.1) is 0 Å². The van der Waals surface area contributed by atoms with E-state index in [4.69, 9.17) is 21.5 Å². The first-order chi connectivity index (χ1) is 11.6. The number of hydroxylamine groups is 1. The van der Waals surface area contributed by atoms with Gasteiger partial charge in [-0.3, -0.25) is 5.21 Å². The SMILES string of the molecule is O=C(NO)NC1(c2ccccc2Oc2ccc(Cl)cc2)C=CCC1.